The summed E-state index contributed by atoms with van der Waals surface area (Å²) in [6.07, 6.45) is 3.38. The molecule has 0 heterocycles. The molecule has 0 amide bonds. The van der Waals surface area contributed by atoms with Gasteiger partial charge in [0.05, 0.1) is 12.0 Å². The summed E-state index contributed by atoms with van der Waals surface area (Å²) in [6.45, 7) is 0. The summed E-state index contributed by atoms with van der Waals surface area (Å²) in [4.78, 5) is 0. The molecule has 0 aliphatic heterocycles. The minimum Gasteiger partial charge on any atom is -0.251 e. The smallest absolute Gasteiger partial charge is 0.0672 e. The Bertz CT molecular complexity index is 159. The van der Waals surface area contributed by atoms with E-state index in [2.05, 4.69) is 11.5 Å². The number of nitrogens with one attached hydrogen (secondary N) is 1. The summed E-state index contributed by atoms with van der Waals surface area (Å²) in [7, 11) is 3.93. The van der Waals surface area contributed by atoms with Crippen molar-refractivity contribution in [1.82, 2.24) is 10.4 Å². The molecule has 0 radical (unpaired) electrons. The van der Waals surface area contributed by atoms with Gasteiger partial charge in [0.2, 0.25) is 0 Å². The molecular weight excluding hydrogens is 138 g/mol. The monoisotopic (exact) mass is 153 g/mol. The zero-order chi connectivity index (χ0) is 8.27. The molecule has 1 fully saturated rings. The standard InChI is InChI=1S/C8H15N3/c1-11(2)10-8-5-3-4-7(8)6-9/h7-8,10H,3-5H2,1-2H3. The lowest BCUT2D eigenvalue weighted by Gasteiger charge is -2.20. The van der Waals surface area contributed by atoms with Gasteiger partial charge < -0.3 is 0 Å². The van der Waals surface area contributed by atoms with Gasteiger partial charge in [0.15, 0.2) is 0 Å². The second kappa shape index (κ2) is 3.70. The first kappa shape index (κ1) is 8.51. The average Bonchev–Trinajstić information content (AvgIpc) is 2.34. The third-order valence-electron chi connectivity index (χ3n) is 2.11. The third-order valence-corrected chi connectivity index (χ3v) is 2.11. The van der Waals surface area contributed by atoms with Crippen LogP contribution in [0.5, 0.6) is 0 Å². The molecule has 0 aromatic heterocycles. The fourth-order valence-electron chi connectivity index (χ4n) is 1.60. The number of nitrogens with zero attached hydrogens (tertiary/aromatic N) is 2. The molecule has 1 rings (SSSR count). The van der Waals surface area contributed by atoms with Crippen molar-refractivity contribution in [1.29, 1.82) is 5.26 Å². The maximum atomic E-state index is 8.74. The molecule has 11 heavy (non-hydrogen) atoms. The lowest BCUT2D eigenvalue weighted by molar-refractivity contribution is 0.227. The molecule has 0 aromatic rings. The van der Waals surface area contributed by atoms with Crippen LogP contribution in [0.4, 0.5) is 0 Å². The molecule has 1 aliphatic carbocycles. The Morgan fingerprint density at radius 1 is 1.45 bits per heavy atom. The van der Waals surface area contributed by atoms with Crippen LogP contribution in [0.1, 0.15) is 19.3 Å². The van der Waals surface area contributed by atoms with E-state index in [-0.39, 0.29) is 5.92 Å². The molecule has 2 unspecified atom stereocenters. The van der Waals surface area contributed by atoms with Gasteiger partial charge >= 0.3 is 0 Å². The molecule has 1 aliphatic rings. The first-order valence-corrected chi connectivity index (χ1v) is 4.07. The van der Waals surface area contributed by atoms with Crippen LogP contribution >= 0.6 is 0 Å². The van der Waals surface area contributed by atoms with Gasteiger partial charge in [-0.3, -0.25) is 10.4 Å². The van der Waals surface area contributed by atoms with Gasteiger partial charge in [0.1, 0.15) is 0 Å². The average molecular weight is 153 g/mol. The first-order chi connectivity index (χ1) is 5.24. The van der Waals surface area contributed by atoms with E-state index in [9.17, 15) is 0 Å². The lowest BCUT2D eigenvalue weighted by atomic mass is 10.1. The normalized spacial score (nSPS) is 30.7. The second-order valence-corrected chi connectivity index (χ2v) is 3.30. The SMILES string of the molecule is CN(C)NC1CCCC1C#N. The van der Waals surface area contributed by atoms with Crippen LogP contribution < -0.4 is 5.43 Å². The van der Waals surface area contributed by atoms with Gasteiger partial charge in [0, 0.05) is 20.1 Å². The molecule has 0 saturated heterocycles. The lowest BCUT2D eigenvalue weighted by Crippen LogP contribution is -2.41. The number of rotatable bonds is 2. The molecule has 0 aromatic carbocycles. The summed E-state index contributed by atoms with van der Waals surface area (Å²) in [5.41, 5.74) is 3.25. The van der Waals surface area contributed by atoms with E-state index >= 15 is 0 Å². The van der Waals surface area contributed by atoms with Crippen molar-refractivity contribution >= 4 is 0 Å². The number of hydrogen-bond donors (Lipinski definition) is 1. The van der Waals surface area contributed by atoms with Crippen molar-refractivity contribution in [2.24, 2.45) is 5.92 Å². The highest BCUT2D eigenvalue weighted by molar-refractivity contribution is 4.95. The quantitative estimate of drug-likeness (QED) is 0.595. The van der Waals surface area contributed by atoms with Crippen molar-refractivity contribution in [3.05, 3.63) is 0 Å². The molecule has 62 valence electrons. The first-order valence-electron chi connectivity index (χ1n) is 4.07. The Balaban J connectivity index is 2.39. The Morgan fingerprint density at radius 2 is 2.18 bits per heavy atom. The minimum absolute atomic E-state index is 0.220. The van der Waals surface area contributed by atoms with E-state index in [1.54, 1.807) is 0 Å². The van der Waals surface area contributed by atoms with Crippen molar-refractivity contribution < 1.29 is 0 Å². The highest BCUT2D eigenvalue weighted by atomic mass is 15.5. The minimum atomic E-state index is 0.220. The van der Waals surface area contributed by atoms with E-state index in [1.807, 2.05) is 19.1 Å². The predicted octanol–water partition coefficient (Wildman–Crippen LogP) is 0.745. The van der Waals surface area contributed by atoms with Crippen LogP contribution in [0, 0.1) is 17.2 Å². The Kier molecular flexibility index (Phi) is 2.86. The maximum absolute atomic E-state index is 8.74. The molecule has 1 saturated carbocycles. The Labute approximate surface area is 68.0 Å². The van der Waals surface area contributed by atoms with E-state index in [1.165, 1.54) is 6.42 Å². The van der Waals surface area contributed by atoms with Crippen LogP contribution in [-0.2, 0) is 0 Å². The van der Waals surface area contributed by atoms with Gasteiger partial charge in [-0.1, -0.05) is 6.42 Å². The van der Waals surface area contributed by atoms with Gasteiger partial charge in [-0.15, -0.1) is 0 Å². The molecule has 3 heteroatoms. The third kappa shape index (κ3) is 2.18. The topological polar surface area (TPSA) is 39.1 Å². The summed E-state index contributed by atoms with van der Waals surface area (Å²) in [6, 6.07) is 2.71. The van der Waals surface area contributed by atoms with Crippen LogP contribution in [0.15, 0.2) is 0 Å². The zero-order valence-electron chi connectivity index (χ0n) is 7.17. The summed E-state index contributed by atoms with van der Waals surface area (Å²) in [5.74, 6) is 0.220. The number of hydrazine groups is 1. The Hall–Kier alpha value is -0.590. The van der Waals surface area contributed by atoms with Crippen molar-refractivity contribution in [2.75, 3.05) is 14.1 Å². The summed E-state index contributed by atoms with van der Waals surface area (Å²) in [5, 5.41) is 10.7. The molecule has 0 bridgehead atoms. The summed E-state index contributed by atoms with van der Waals surface area (Å²) < 4.78 is 0. The largest absolute Gasteiger partial charge is 0.251 e. The van der Waals surface area contributed by atoms with E-state index in [0.29, 0.717) is 6.04 Å². The van der Waals surface area contributed by atoms with Gasteiger partial charge in [-0.05, 0) is 12.8 Å². The number of nitriles is 1. The maximum Gasteiger partial charge on any atom is 0.0672 e. The highest BCUT2D eigenvalue weighted by Gasteiger charge is 2.26. The zero-order valence-corrected chi connectivity index (χ0v) is 7.17. The molecular formula is C8H15N3. The summed E-state index contributed by atoms with van der Waals surface area (Å²) >= 11 is 0. The second-order valence-electron chi connectivity index (χ2n) is 3.30. The van der Waals surface area contributed by atoms with Gasteiger partial charge in [-0.2, -0.15) is 5.26 Å². The molecule has 0 spiro atoms. The number of hydrogen-bond acceptors (Lipinski definition) is 3. The Morgan fingerprint density at radius 3 is 2.73 bits per heavy atom. The van der Waals surface area contributed by atoms with Crippen LogP contribution in [0.3, 0.4) is 0 Å². The van der Waals surface area contributed by atoms with Gasteiger partial charge in [0.25, 0.3) is 0 Å². The van der Waals surface area contributed by atoms with E-state index in [4.69, 9.17) is 5.26 Å². The highest BCUT2D eigenvalue weighted by Crippen LogP contribution is 2.24. The predicted molar refractivity (Wildman–Crippen MR) is 43.6 cm³/mol. The molecule has 1 N–H and O–H groups in total. The van der Waals surface area contributed by atoms with E-state index in [0.717, 1.165) is 12.8 Å². The van der Waals surface area contributed by atoms with Crippen molar-refractivity contribution in [3.8, 4) is 6.07 Å². The molecule has 3 nitrogen and oxygen atoms in total. The van der Waals surface area contributed by atoms with E-state index < -0.39 is 0 Å². The molecule has 2 atom stereocenters. The fraction of sp³-hybridized carbons (Fsp3) is 0.875. The van der Waals surface area contributed by atoms with Gasteiger partial charge in [-0.25, -0.2) is 0 Å². The van der Waals surface area contributed by atoms with Crippen molar-refractivity contribution in [3.63, 3.8) is 0 Å². The van der Waals surface area contributed by atoms with Crippen molar-refractivity contribution in [2.45, 2.75) is 25.3 Å². The van der Waals surface area contributed by atoms with Crippen LogP contribution in [0.2, 0.25) is 0 Å². The fourth-order valence-corrected chi connectivity index (χ4v) is 1.60. The van der Waals surface area contributed by atoms with Crippen LogP contribution in [0.25, 0.3) is 0 Å². The van der Waals surface area contributed by atoms with Crippen LogP contribution in [-0.4, -0.2) is 25.1 Å².